The molecule has 1 aromatic heterocycles. The minimum atomic E-state index is -1.12. The predicted octanol–water partition coefficient (Wildman–Crippen LogP) is 4.32. The first-order valence-corrected chi connectivity index (χ1v) is 8.79. The van der Waals surface area contributed by atoms with Gasteiger partial charge in [0.25, 0.3) is 0 Å². The lowest BCUT2D eigenvalue weighted by Crippen LogP contribution is -2.24. The van der Waals surface area contributed by atoms with Gasteiger partial charge in [0.05, 0.1) is 21.6 Å². The maximum absolute atomic E-state index is 13.2. The van der Waals surface area contributed by atoms with Crippen molar-refractivity contribution >= 4 is 33.3 Å². The van der Waals surface area contributed by atoms with Crippen LogP contribution in [-0.2, 0) is 16.0 Å². The third-order valence-corrected chi connectivity index (χ3v) is 4.86. The SMILES string of the molecule is CC(OC(=O)CCc1nc2ccccc2s1)C(=O)c1ccc(F)c(F)c1. The first-order chi connectivity index (χ1) is 12.4. The summed E-state index contributed by atoms with van der Waals surface area (Å²) >= 11 is 1.50. The number of hydrogen-bond acceptors (Lipinski definition) is 5. The lowest BCUT2D eigenvalue weighted by atomic mass is 10.1. The standard InChI is InChI=1S/C19H15F2NO3S/c1-11(19(24)12-6-7-13(20)14(21)10-12)25-18(23)9-8-17-22-15-4-2-3-5-16(15)26-17/h2-7,10-11H,8-9H2,1H3. The minimum absolute atomic E-state index is 0.0460. The van der Waals surface area contributed by atoms with Crippen LogP contribution in [0.2, 0.25) is 0 Å². The highest BCUT2D eigenvalue weighted by Gasteiger charge is 2.21. The number of benzene rings is 2. The number of fused-ring (bicyclic) bond motifs is 1. The number of nitrogens with zero attached hydrogens (tertiary/aromatic N) is 1. The molecule has 3 rings (SSSR count). The Morgan fingerprint density at radius 3 is 2.65 bits per heavy atom. The summed E-state index contributed by atoms with van der Waals surface area (Å²) in [6.07, 6.45) is -0.595. The maximum Gasteiger partial charge on any atom is 0.306 e. The van der Waals surface area contributed by atoms with Gasteiger partial charge in [0.15, 0.2) is 17.7 Å². The molecule has 7 heteroatoms. The Hall–Kier alpha value is -2.67. The van der Waals surface area contributed by atoms with Crippen molar-refractivity contribution in [3.63, 3.8) is 0 Å². The second-order valence-electron chi connectivity index (χ2n) is 5.70. The van der Waals surface area contributed by atoms with Gasteiger partial charge in [-0.05, 0) is 37.3 Å². The average molecular weight is 375 g/mol. The minimum Gasteiger partial charge on any atom is -0.454 e. The Kier molecular flexibility index (Phi) is 5.37. The number of Topliss-reactive ketones (excluding diaryl/α,β-unsaturated/α-hetero) is 1. The predicted molar refractivity (Wildman–Crippen MR) is 94.2 cm³/mol. The highest BCUT2D eigenvalue weighted by molar-refractivity contribution is 7.18. The van der Waals surface area contributed by atoms with Crippen molar-refractivity contribution in [1.29, 1.82) is 0 Å². The van der Waals surface area contributed by atoms with E-state index in [0.717, 1.165) is 33.4 Å². The molecule has 3 aromatic rings. The molecule has 1 unspecified atom stereocenters. The summed E-state index contributed by atoms with van der Waals surface area (Å²) in [7, 11) is 0. The lowest BCUT2D eigenvalue weighted by Gasteiger charge is -2.12. The van der Waals surface area contributed by atoms with Crippen LogP contribution in [0.3, 0.4) is 0 Å². The number of rotatable bonds is 6. The summed E-state index contributed by atoms with van der Waals surface area (Å²) < 4.78 is 32.3. The molecule has 2 aromatic carbocycles. The van der Waals surface area contributed by atoms with Gasteiger partial charge in [-0.1, -0.05) is 12.1 Å². The summed E-state index contributed by atoms with van der Waals surface area (Å²) in [5.74, 6) is -3.29. The normalized spacial score (nSPS) is 12.1. The number of ketones is 1. The third-order valence-electron chi connectivity index (χ3n) is 3.76. The van der Waals surface area contributed by atoms with Gasteiger partial charge in [-0.25, -0.2) is 13.8 Å². The zero-order valence-corrected chi connectivity index (χ0v) is 14.7. The van der Waals surface area contributed by atoms with Crippen molar-refractivity contribution in [2.45, 2.75) is 25.9 Å². The van der Waals surface area contributed by atoms with Crippen LogP contribution in [0.5, 0.6) is 0 Å². The van der Waals surface area contributed by atoms with Crippen LogP contribution in [0, 0.1) is 11.6 Å². The van der Waals surface area contributed by atoms with Crippen molar-refractivity contribution in [2.75, 3.05) is 0 Å². The fourth-order valence-electron chi connectivity index (χ4n) is 2.43. The maximum atomic E-state index is 13.2. The largest absolute Gasteiger partial charge is 0.454 e. The smallest absolute Gasteiger partial charge is 0.306 e. The van der Waals surface area contributed by atoms with Gasteiger partial charge in [-0.2, -0.15) is 0 Å². The number of hydrogen-bond donors (Lipinski definition) is 0. The Morgan fingerprint density at radius 1 is 1.15 bits per heavy atom. The van der Waals surface area contributed by atoms with Gasteiger partial charge < -0.3 is 4.74 Å². The van der Waals surface area contributed by atoms with E-state index in [4.69, 9.17) is 4.74 Å². The molecule has 0 spiro atoms. The van der Waals surface area contributed by atoms with Crippen LogP contribution in [0.1, 0.15) is 28.7 Å². The second-order valence-corrected chi connectivity index (χ2v) is 6.82. The van der Waals surface area contributed by atoms with Crippen molar-refractivity contribution in [3.8, 4) is 0 Å². The van der Waals surface area contributed by atoms with Gasteiger partial charge in [-0.3, -0.25) is 9.59 Å². The van der Waals surface area contributed by atoms with Gasteiger partial charge >= 0.3 is 5.97 Å². The van der Waals surface area contributed by atoms with E-state index < -0.39 is 29.5 Å². The van der Waals surface area contributed by atoms with Gasteiger partial charge in [0.1, 0.15) is 0 Å². The molecule has 1 atom stereocenters. The molecule has 0 amide bonds. The van der Waals surface area contributed by atoms with Gasteiger partial charge in [0.2, 0.25) is 5.78 Å². The Bertz CT molecular complexity index is 937. The first-order valence-electron chi connectivity index (χ1n) is 7.97. The number of thiazole rings is 1. The number of aromatic nitrogens is 1. The molecule has 0 aliphatic carbocycles. The second kappa shape index (κ2) is 7.70. The van der Waals surface area contributed by atoms with Gasteiger partial charge in [-0.15, -0.1) is 11.3 Å². The molecule has 0 fully saturated rings. The van der Waals surface area contributed by atoms with E-state index in [1.54, 1.807) is 0 Å². The number of para-hydroxylation sites is 1. The van der Waals surface area contributed by atoms with Crippen LogP contribution in [0.15, 0.2) is 42.5 Å². The molecule has 0 radical (unpaired) electrons. The highest BCUT2D eigenvalue weighted by Crippen LogP contribution is 2.22. The Labute approximate surface area is 152 Å². The fraction of sp³-hybridized carbons (Fsp3) is 0.211. The highest BCUT2D eigenvalue weighted by atomic mass is 32.1. The van der Waals surface area contributed by atoms with Crippen LogP contribution >= 0.6 is 11.3 Å². The zero-order chi connectivity index (χ0) is 18.7. The van der Waals surface area contributed by atoms with Crippen molar-refractivity contribution in [1.82, 2.24) is 4.98 Å². The number of halogens is 2. The van der Waals surface area contributed by atoms with E-state index in [-0.39, 0.29) is 12.0 Å². The van der Waals surface area contributed by atoms with Crippen molar-refractivity contribution in [3.05, 3.63) is 64.7 Å². The van der Waals surface area contributed by atoms with Crippen LogP contribution < -0.4 is 0 Å². The van der Waals surface area contributed by atoms with E-state index in [1.807, 2.05) is 24.3 Å². The molecule has 0 saturated carbocycles. The Morgan fingerprint density at radius 2 is 1.92 bits per heavy atom. The molecule has 0 aliphatic rings. The third kappa shape index (κ3) is 4.11. The summed E-state index contributed by atoms with van der Waals surface area (Å²) in [4.78, 5) is 28.6. The lowest BCUT2D eigenvalue weighted by molar-refractivity contribution is -0.146. The fourth-order valence-corrected chi connectivity index (χ4v) is 3.40. The van der Waals surface area contributed by atoms with Crippen molar-refractivity contribution < 1.29 is 23.1 Å². The number of carbonyl (C=O) groups excluding carboxylic acids is 2. The monoisotopic (exact) mass is 375 g/mol. The van der Waals surface area contributed by atoms with Crippen LogP contribution in [-0.4, -0.2) is 22.8 Å². The number of aryl methyl sites for hydroxylation is 1. The van der Waals surface area contributed by atoms with E-state index in [2.05, 4.69) is 4.98 Å². The van der Waals surface area contributed by atoms with E-state index >= 15 is 0 Å². The summed E-state index contributed by atoms with van der Waals surface area (Å²) in [6, 6.07) is 10.5. The molecule has 4 nitrogen and oxygen atoms in total. The van der Waals surface area contributed by atoms with Gasteiger partial charge in [0, 0.05) is 12.0 Å². The molecule has 134 valence electrons. The van der Waals surface area contributed by atoms with E-state index in [1.165, 1.54) is 18.3 Å². The molecular formula is C19H15F2NO3S. The number of esters is 1. The quantitative estimate of drug-likeness (QED) is 0.476. The number of carbonyl (C=O) groups is 2. The van der Waals surface area contributed by atoms with E-state index in [9.17, 15) is 18.4 Å². The molecule has 26 heavy (non-hydrogen) atoms. The zero-order valence-electron chi connectivity index (χ0n) is 13.9. The topological polar surface area (TPSA) is 56.3 Å². The summed E-state index contributed by atoms with van der Waals surface area (Å²) in [5.41, 5.74) is 0.832. The Balaban J connectivity index is 1.56. The molecule has 0 aliphatic heterocycles. The van der Waals surface area contributed by atoms with Crippen LogP contribution in [0.25, 0.3) is 10.2 Å². The molecule has 0 N–H and O–H groups in total. The first kappa shape index (κ1) is 18.1. The van der Waals surface area contributed by atoms with E-state index in [0.29, 0.717) is 6.42 Å². The summed E-state index contributed by atoms with van der Waals surface area (Å²) in [6.45, 7) is 1.40. The molecule has 0 saturated heterocycles. The molecular weight excluding hydrogens is 360 g/mol. The molecule has 1 heterocycles. The van der Waals surface area contributed by atoms with Crippen molar-refractivity contribution in [2.24, 2.45) is 0 Å². The van der Waals surface area contributed by atoms with Crippen LogP contribution in [0.4, 0.5) is 8.78 Å². The molecule has 0 bridgehead atoms. The summed E-state index contributed by atoms with van der Waals surface area (Å²) in [5, 5.41) is 0.808. The number of ether oxygens (including phenoxy) is 1. The average Bonchev–Trinajstić information content (AvgIpc) is 3.04.